The number of aromatic amines is 1. The number of carbonyl (C=O) groups excluding carboxylic acids is 3. The first-order valence-electron chi connectivity index (χ1n) is 10.0. The third kappa shape index (κ3) is 7.98. The third-order valence-electron chi connectivity index (χ3n) is 4.96. The lowest BCUT2D eigenvalue weighted by Gasteiger charge is -2.25. The molecule has 174 valence electrons. The molecular formula is C19H32N6O6. The molecule has 0 saturated heterocycles. The summed E-state index contributed by atoms with van der Waals surface area (Å²) in [5, 5.41) is 26.2. The van der Waals surface area contributed by atoms with Crippen molar-refractivity contribution in [2.45, 2.75) is 70.8 Å². The van der Waals surface area contributed by atoms with Crippen LogP contribution in [0.5, 0.6) is 0 Å². The smallest absolute Gasteiger partial charge is 0.326 e. The van der Waals surface area contributed by atoms with E-state index >= 15 is 0 Å². The van der Waals surface area contributed by atoms with Crippen LogP contribution in [0.1, 0.15) is 39.8 Å². The molecule has 0 bridgehead atoms. The van der Waals surface area contributed by atoms with E-state index in [1.54, 1.807) is 13.8 Å². The zero-order chi connectivity index (χ0) is 23.7. The molecule has 0 fully saturated rings. The Kier molecular flexibility index (Phi) is 10.1. The van der Waals surface area contributed by atoms with Crippen molar-refractivity contribution in [2.75, 3.05) is 0 Å². The Labute approximate surface area is 180 Å². The molecule has 1 aromatic rings. The van der Waals surface area contributed by atoms with Gasteiger partial charge in [0.05, 0.1) is 12.4 Å². The first-order chi connectivity index (χ1) is 14.5. The highest BCUT2D eigenvalue weighted by atomic mass is 16.4. The van der Waals surface area contributed by atoms with Gasteiger partial charge in [-0.05, 0) is 19.8 Å². The molecule has 31 heavy (non-hydrogen) atoms. The molecule has 12 nitrogen and oxygen atoms in total. The van der Waals surface area contributed by atoms with Crippen LogP contribution >= 0.6 is 0 Å². The number of rotatable bonds is 12. The Morgan fingerprint density at radius 1 is 1.10 bits per heavy atom. The highest BCUT2D eigenvalue weighted by Gasteiger charge is 2.31. The first kappa shape index (κ1) is 26.0. The highest BCUT2D eigenvalue weighted by Crippen LogP contribution is 2.09. The summed E-state index contributed by atoms with van der Waals surface area (Å²) < 4.78 is 0. The number of nitrogens with one attached hydrogen (secondary N) is 4. The van der Waals surface area contributed by atoms with Gasteiger partial charge in [-0.25, -0.2) is 9.78 Å². The normalized spacial score (nSPS) is 16.8. The summed E-state index contributed by atoms with van der Waals surface area (Å²) >= 11 is 0. The topological polar surface area (TPSA) is 200 Å². The summed E-state index contributed by atoms with van der Waals surface area (Å²) in [6.07, 6.45) is 2.33. The largest absolute Gasteiger partial charge is 0.480 e. The molecule has 0 aromatic carbocycles. The maximum atomic E-state index is 12.8. The molecule has 1 aromatic heterocycles. The Hall–Kier alpha value is -2.99. The number of nitrogens with zero attached hydrogens (tertiary/aromatic N) is 1. The van der Waals surface area contributed by atoms with Gasteiger partial charge < -0.3 is 36.9 Å². The van der Waals surface area contributed by atoms with Gasteiger partial charge in [-0.3, -0.25) is 14.4 Å². The van der Waals surface area contributed by atoms with Crippen LogP contribution in [0.25, 0.3) is 0 Å². The van der Waals surface area contributed by atoms with E-state index in [4.69, 9.17) is 5.73 Å². The maximum absolute atomic E-state index is 12.8. The van der Waals surface area contributed by atoms with E-state index in [2.05, 4.69) is 25.9 Å². The number of aliphatic hydroxyl groups is 1. The van der Waals surface area contributed by atoms with E-state index < -0.39 is 54.0 Å². The monoisotopic (exact) mass is 440 g/mol. The zero-order valence-corrected chi connectivity index (χ0v) is 18.1. The maximum Gasteiger partial charge on any atom is 0.326 e. The number of carboxylic acids is 1. The molecule has 1 heterocycles. The minimum absolute atomic E-state index is 0.0261. The van der Waals surface area contributed by atoms with Crippen molar-refractivity contribution in [3.63, 3.8) is 0 Å². The molecule has 0 radical (unpaired) electrons. The van der Waals surface area contributed by atoms with Crippen LogP contribution in [0.15, 0.2) is 12.5 Å². The first-order valence-corrected chi connectivity index (χ1v) is 10.0. The summed E-state index contributed by atoms with van der Waals surface area (Å²) in [5.74, 6) is -3.60. The van der Waals surface area contributed by atoms with Gasteiger partial charge in [0, 0.05) is 18.3 Å². The van der Waals surface area contributed by atoms with Crippen molar-refractivity contribution in [2.24, 2.45) is 11.7 Å². The number of imidazole rings is 1. The summed E-state index contributed by atoms with van der Waals surface area (Å²) in [7, 11) is 0. The van der Waals surface area contributed by atoms with Crippen molar-refractivity contribution in [1.29, 1.82) is 0 Å². The average Bonchev–Trinajstić information content (AvgIpc) is 3.22. The lowest BCUT2D eigenvalue weighted by molar-refractivity contribution is -0.143. The number of nitrogens with two attached hydrogens (primary N) is 1. The van der Waals surface area contributed by atoms with Gasteiger partial charge in [-0.1, -0.05) is 20.3 Å². The quantitative estimate of drug-likeness (QED) is 0.199. The number of H-pyrrole nitrogens is 1. The fraction of sp³-hybridized carbons (Fsp3) is 0.632. The van der Waals surface area contributed by atoms with Gasteiger partial charge in [0.25, 0.3) is 0 Å². The van der Waals surface area contributed by atoms with E-state index in [0.717, 1.165) is 0 Å². The second kappa shape index (κ2) is 12.0. The number of amides is 3. The number of carbonyl (C=O) groups is 4. The molecule has 0 aliphatic heterocycles. The number of aliphatic hydroxyl groups excluding tert-OH is 1. The predicted molar refractivity (Wildman–Crippen MR) is 111 cm³/mol. The highest BCUT2D eigenvalue weighted by molar-refractivity contribution is 5.94. The molecule has 6 unspecified atom stereocenters. The second-order valence-electron chi connectivity index (χ2n) is 7.55. The van der Waals surface area contributed by atoms with Crippen LogP contribution in [-0.2, 0) is 25.6 Å². The van der Waals surface area contributed by atoms with Crippen molar-refractivity contribution < 1.29 is 29.4 Å². The minimum Gasteiger partial charge on any atom is -0.480 e. The molecule has 0 saturated carbocycles. The SMILES string of the molecule is CCC(C)C(NC(=O)C(Cc1cnc[nH]1)NC(=O)C(C)NC(=O)C(N)C(C)O)C(=O)O. The number of hydrogen-bond acceptors (Lipinski definition) is 7. The van der Waals surface area contributed by atoms with Crippen LogP contribution in [-0.4, -0.2) is 74.1 Å². The molecule has 8 N–H and O–H groups in total. The van der Waals surface area contributed by atoms with Gasteiger partial charge >= 0.3 is 5.97 Å². The van der Waals surface area contributed by atoms with E-state index in [1.165, 1.54) is 26.4 Å². The van der Waals surface area contributed by atoms with Gasteiger partial charge in [-0.15, -0.1) is 0 Å². The van der Waals surface area contributed by atoms with E-state index in [0.29, 0.717) is 12.1 Å². The molecule has 0 aliphatic carbocycles. The third-order valence-corrected chi connectivity index (χ3v) is 4.96. The summed E-state index contributed by atoms with van der Waals surface area (Å²) in [6, 6.07) is -4.52. The van der Waals surface area contributed by atoms with Gasteiger partial charge in [0.1, 0.15) is 24.2 Å². The number of hydrogen-bond donors (Lipinski definition) is 7. The van der Waals surface area contributed by atoms with E-state index in [1.807, 2.05) is 0 Å². The predicted octanol–water partition coefficient (Wildman–Crippen LogP) is -1.73. The Balaban J connectivity index is 2.92. The van der Waals surface area contributed by atoms with Gasteiger partial charge in [-0.2, -0.15) is 0 Å². The van der Waals surface area contributed by atoms with Crippen LogP contribution in [0.4, 0.5) is 0 Å². The van der Waals surface area contributed by atoms with Crippen molar-refractivity contribution in [3.8, 4) is 0 Å². The Morgan fingerprint density at radius 3 is 2.23 bits per heavy atom. The van der Waals surface area contributed by atoms with Crippen LogP contribution in [0.2, 0.25) is 0 Å². The van der Waals surface area contributed by atoms with Crippen LogP contribution in [0.3, 0.4) is 0 Å². The lowest BCUT2D eigenvalue weighted by atomic mass is 9.98. The molecule has 0 aliphatic rings. The summed E-state index contributed by atoms with van der Waals surface area (Å²) in [5.41, 5.74) is 6.09. The van der Waals surface area contributed by atoms with Crippen LogP contribution < -0.4 is 21.7 Å². The summed E-state index contributed by atoms with van der Waals surface area (Å²) in [4.78, 5) is 55.6. The second-order valence-corrected chi connectivity index (χ2v) is 7.55. The average molecular weight is 441 g/mol. The number of aliphatic carboxylic acids is 1. The molecule has 6 atom stereocenters. The van der Waals surface area contributed by atoms with Gasteiger partial charge in [0.2, 0.25) is 17.7 Å². The van der Waals surface area contributed by atoms with E-state index in [-0.39, 0.29) is 12.3 Å². The lowest BCUT2D eigenvalue weighted by Crippen LogP contribution is -2.58. The zero-order valence-electron chi connectivity index (χ0n) is 18.1. The number of aromatic nitrogens is 2. The molecule has 3 amide bonds. The minimum atomic E-state index is -1.22. The van der Waals surface area contributed by atoms with Gasteiger partial charge in [0.15, 0.2) is 0 Å². The molecular weight excluding hydrogens is 408 g/mol. The summed E-state index contributed by atoms with van der Waals surface area (Å²) in [6.45, 7) is 6.24. The fourth-order valence-electron chi connectivity index (χ4n) is 2.65. The van der Waals surface area contributed by atoms with E-state index in [9.17, 15) is 29.4 Å². The fourth-order valence-corrected chi connectivity index (χ4v) is 2.65. The molecule has 0 spiro atoms. The molecule has 1 rings (SSSR count). The molecule has 12 heteroatoms. The van der Waals surface area contributed by atoms with Crippen molar-refractivity contribution in [1.82, 2.24) is 25.9 Å². The van der Waals surface area contributed by atoms with Crippen LogP contribution in [0, 0.1) is 5.92 Å². The Morgan fingerprint density at radius 2 is 1.74 bits per heavy atom. The standard InChI is InChI=1S/C19H32N6O6/c1-5-9(2)15(19(30)31)25-17(28)13(6-12-7-21-8-22-12)24-16(27)10(3)23-18(29)14(20)11(4)26/h7-11,13-15,26H,5-6,20H2,1-4H3,(H,21,22)(H,23,29)(H,24,27)(H,25,28)(H,30,31). The van der Waals surface area contributed by atoms with Crippen molar-refractivity contribution in [3.05, 3.63) is 18.2 Å². The van der Waals surface area contributed by atoms with Crippen molar-refractivity contribution >= 4 is 23.7 Å². The number of carboxylic acid groups (broad SMARTS) is 1. The Bertz CT molecular complexity index is 753.